The summed E-state index contributed by atoms with van der Waals surface area (Å²) in [5.41, 5.74) is 7.07. The van der Waals surface area contributed by atoms with E-state index in [1.54, 1.807) is 0 Å². The molecule has 0 spiro atoms. The van der Waals surface area contributed by atoms with Crippen LogP contribution >= 0.6 is 0 Å². The van der Waals surface area contributed by atoms with Gasteiger partial charge in [0.1, 0.15) is 11.5 Å². The van der Waals surface area contributed by atoms with Gasteiger partial charge in [0, 0.05) is 0 Å². The molecule has 0 radical (unpaired) electrons. The molecule has 2 heteroatoms. The van der Waals surface area contributed by atoms with Crippen LogP contribution in [-0.2, 0) is 5.54 Å². The Kier molecular flexibility index (Phi) is 1.19. The second-order valence-electron chi connectivity index (χ2n) is 3.53. The number of nitrogens with two attached hydrogens (primary N) is 1. The summed E-state index contributed by atoms with van der Waals surface area (Å²) in [4.78, 5) is 0. The van der Waals surface area contributed by atoms with Crippen LogP contribution in [0.2, 0.25) is 0 Å². The summed E-state index contributed by atoms with van der Waals surface area (Å²) in [6.45, 7) is 4.01. The first-order valence-corrected chi connectivity index (χ1v) is 3.98. The highest BCUT2D eigenvalue weighted by Gasteiger charge is 2.44. The van der Waals surface area contributed by atoms with E-state index in [1.165, 1.54) is 5.56 Å². The average molecular weight is 151 g/mol. The predicted octanol–water partition coefficient (Wildman–Crippen LogP) is 1.84. The van der Waals surface area contributed by atoms with Crippen molar-refractivity contribution in [3.05, 3.63) is 23.2 Å². The zero-order chi connectivity index (χ0) is 8.06. The summed E-state index contributed by atoms with van der Waals surface area (Å²) in [6.07, 6.45) is 2.14. The molecule has 0 bridgehead atoms. The second kappa shape index (κ2) is 1.89. The molecule has 0 unspecified atom stereocenters. The van der Waals surface area contributed by atoms with Crippen molar-refractivity contribution >= 4 is 0 Å². The number of hydrogen-bond donors (Lipinski definition) is 1. The van der Waals surface area contributed by atoms with Gasteiger partial charge in [-0.05, 0) is 38.3 Å². The van der Waals surface area contributed by atoms with Gasteiger partial charge in [0.05, 0.1) is 5.54 Å². The van der Waals surface area contributed by atoms with E-state index >= 15 is 0 Å². The molecule has 1 aromatic rings. The van der Waals surface area contributed by atoms with E-state index in [-0.39, 0.29) is 5.54 Å². The smallest absolute Gasteiger partial charge is 0.126 e. The molecule has 2 nitrogen and oxygen atoms in total. The minimum Gasteiger partial charge on any atom is -0.464 e. The van der Waals surface area contributed by atoms with Crippen LogP contribution in [-0.4, -0.2) is 0 Å². The monoisotopic (exact) mass is 151 g/mol. The SMILES string of the molecule is Cc1cc(C)c(C2(N)CC2)o1. The first-order chi connectivity index (χ1) is 5.12. The van der Waals surface area contributed by atoms with E-state index in [1.807, 2.05) is 13.0 Å². The predicted molar refractivity (Wildman–Crippen MR) is 43.3 cm³/mol. The van der Waals surface area contributed by atoms with Crippen LogP contribution in [0.4, 0.5) is 0 Å². The summed E-state index contributed by atoms with van der Waals surface area (Å²) >= 11 is 0. The van der Waals surface area contributed by atoms with Gasteiger partial charge in [0.2, 0.25) is 0 Å². The lowest BCUT2D eigenvalue weighted by molar-refractivity contribution is 0.435. The number of hydrogen-bond acceptors (Lipinski definition) is 2. The third kappa shape index (κ3) is 0.979. The lowest BCUT2D eigenvalue weighted by Crippen LogP contribution is -2.18. The van der Waals surface area contributed by atoms with Crippen molar-refractivity contribution in [1.29, 1.82) is 0 Å². The molecule has 60 valence electrons. The summed E-state index contributed by atoms with van der Waals surface area (Å²) in [5.74, 6) is 1.96. The Labute approximate surface area is 66.4 Å². The highest BCUT2D eigenvalue weighted by Crippen LogP contribution is 2.44. The zero-order valence-corrected chi connectivity index (χ0v) is 6.98. The molecule has 1 saturated carbocycles. The van der Waals surface area contributed by atoms with Crippen molar-refractivity contribution in [2.45, 2.75) is 32.2 Å². The van der Waals surface area contributed by atoms with E-state index in [4.69, 9.17) is 10.2 Å². The van der Waals surface area contributed by atoms with Gasteiger partial charge < -0.3 is 10.2 Å². The molecule has 0 atom stereocenters. The zero-order valence-electron chi connectivity index (χ0n) is 6.98. The first kappa shape index (κ1) is 6.92. The van der Waals surface area contributed by atoms with Crippen LogP contribution in [0, 0.1) is 13.8 Å². The van der Waals surface area contributed by atoms with Crippen LogP contribution in [0.1, 0.15) is 29.9 Å². The number of rotatable bonds is 1. The normalized spacial score (nSPS) is 20.3. The van der Waals surface area contributed by atoms with Crippen LogP contribution in [0.15, 0.2) is 10.5 Å². The lowest BCUT2D eigenvalue weighted by Gasteiger charge is -2.04. The van der Waals surface area contributed by atoms with Gasteiger partial charge in [0.15, 0.2) is 0 Å². The van der Waals surface area contributed by atoms with Crippen molar-refractivity contribution < 1.29 is 4.42 Å². The Hall–Kier alpha value is -0.760. The summed E-state index contributed by atoms with van der Waals surface area (Å²) in [6, 6.07) is 2.04. The highest BCUT2D eigenvalue weighted by molar-refractivity contribution is 5.29. The van der Waals surface area contributed by atoms with Gasteiger partial charge in [-0.1, -0.05) is 0 Å². The Balaban J connectivity index is 2.44. The molecular weight excluding hydrogens is 138 g/mol. The highest BCUT2D eigenvalue weighted by atomic mass is 16.3. The van der Waals surface area contributed by atoms with Crippen molar-refractivity contribution in [2.24, 2.45) is 5.73 Å². The quantitative estimate of drug-likeness (QED) is 0.665. The van der Waals surface area contributed by atoms with Gasteiger partial charge in [-0.15, -0.1) is 0 Å². The van der Waals surface area contributed by atoms with E-state index in [2.05, 4.69) is 6.92 Å². The maximum atomic E-state index is 5.99. The molecule has 1 aliphatic carbocycles. The fourth-order valence-corrected chi connectivity index (χ4v) is 1.50. The molecule has 0 aliphatic heterocycles. The molecule has 2 rings (SSSR count). The fourth-order valence-electron chi connectivity index (χ4n) is 1.50. The molecule has 1 aliphatic rings. The first-order valence-electron chi connectivity index (χ1n) is 3.98. The Morgan fingerprint density at radius 1 is 1.45 bits per heavy atom. The maximum absolute atomic E-state index is 5.99. The molecule has 1 heterocycles. The van der Waals surface area contributed by atoms with E-state index in [9.17, 15) is 0 Å². The van der Waals surface area contributed by atoms with Gasteiger partial charge in [-0.25, -0.2) is 0 Å². The molecule has 1 aromatic heterocycles. The lowest BCUT2D eigenvalue weighted by atomic mass is 10.1. The fraction of sp³-hybridized carbons (Fsp3) is 0.556. The van der Waals surface area contributed by atoms with Gasteiger partial charge in [-0.3, -0.25) is 0 Å². The summed E-state index contributed by atoms with van der Waals surface area (Å²) in [5, 5.41) is 0. The number of aryl methyl sites for hydroxylation is 2. The maximum Gasteiger partial charge on any atom is 0.126 e. The van der Waals surface area contributed by atoms with Gasteiger partial charge >= 0.3 is 0 Å². The molecule has 11 heavy (non-hydrogen) atoms. The molecule has 2 N–H and O–H groups in total. The number of furan rings is 1. The minimum atomic E-state index is -0.113. The van der Waals surface area contributed by atoms with E-state index < -0.39 is 0 Å². The van der Waals surface area contributed by atoms with Gasteiger partial charge in [0.25, 0.3) is 0 Å². The van der Waals surface area contributed by atoms with E-state index in [0.29, 0.717) is 0 Å². The van der Waals surface area contributed by atoms with Crippen LogP contribution < -0.4 is 5.73 Å². The third-order valence-electron chi connectivity index (χ3n) is 2.28. The molecule has 0 aromatic carbocycles. The molecule has 0 saturated heterocycles. The van der Waals surface area contributed by atoms with Crippen molar-refractivity contribution in [3.63, 3.8) is 0 Å². The topological polar surface area (TPSA) is 39.2 Å². The van der Waals surface area contributed by atoms with Crippen molar-refractivity contribution in [2.75, 3.05) is 0 Å². The third-order valence-corrected chi connectivity index (χ3v) is 2.28. The molecule has 0 amide bonds. The minimum absolute atomic E-state index is 0.113. The largest absolute Gasteiger partial charge is 0.464 e. The Morgan fingerprint density at radius 2 is 2.09 bits per heavy atom. The average Bonchev–Trinajstić information content (AvgIpc) is 2.55. The summed E-state index contributed by atoms with van der Waals surface area (Å²) in [7, 11) is 0. The van der Waals surface area contributed by atoms with Crippen LogP contribution in [0.3, 0.4) is 0 Å². The van der Waals surface area contributed by atoms with Crippen molar-refractivity contribution in [1.82, 2.24) is 0 Å². The van der Waals surface area contributed by atoms with Gasteiger partial charge in [-0.2, -0.15) is 0 Å². The summed E-state index contributed by atoms with van der Waals surface area (Å²) < 4.78 is 5.52. The second-order valence-corrected chi connectivity index (χ2v) is 3.53. The Morgan fingerprint density at radius 3 is 2.45 bits per heavy atom. The van der Waals surface area contributed by atoms with E-state index in [0.717, 1.165) is 24.4 Å². The Bertz CT molecular complexity index is 284. The molecule has 1 fully saturated rings. The standard InChI is InChI=1S/C9H13NO/c1-6-5-7(2)11-8(6)9(10)3-4-9/h5H,3-4,10H2,1-2H3. The van der Waals surface area contributed by atoms with Crippen LogP contribution in [0.25, 0.3) is 0 Å². The van der Waals surface area contributed by atoms with Crippen molar-refractivity contribution in [3.8, 4) is 0 Å². The molecular formula is C9H13NO. The van der Waals surface area contributed by atoms with Crippen LogP contribution in [0.5, 0.6) is 0 Å².